The van der Waals surface area contributed by atoms with Crippen LogP contribution in [0.1, 0.15) is 0 Å². The molecule has 1 saturated heterocycles. The van der Waals surface area contributed by atoms with Crippen LogP contribution in [-0.4, -0.2) is 60.8 Å². The Labute approximate surface area is 114 Å². The van der Waals surface area contributed by atoms with Gasteiger partial charge in [0, 0.05) is 13.1 Å². The van der Waals surface area contributed by atoms with E-state index in [0.717, 1.165) is 10.8 Å². The first-order chi connectivity index (χ1) is 9.61. The number of rotatable bonds is 4. The molecular weight excluding hydrogens is 270 g/mol. The maximum Gasteiger partial charge on any atom is 0.346 e. The molecule has 0 atom stereocenters. The van der Waals surface area contributed by atoms with Crippen molar-refractivity contribution in [1.29, 1.82) is 0 Å². The minimum atomic E-state index is -0.627. The van der Waals surface area contributed by atoms with Crippen molar-refractivity contribution < 1.29 is 24.2 Å². The topological polar surface area (TPSA) is 103 Å². The highest BCUT2D eigenvalue weighted by atomic mass is 16.7. The number of aromatic nitrogens is 2. The number of carbonyl (C=O) groups is 1. The van der Waals surface area contributed by atoms with E-state index < -0.39 is 24.0 Å². The van der Waals surface area contributed by atoms with Gasteiger partial charge in [0.1, 0.15) is 0 Å². The summed E-state index contributed by atoms with van der Waals surface area (Å²) in [4.78, 5) is 33.6. The summed E-state index contributed by atoms with van der Waals surface area (Å²) in [6.45, 7) is 1.51. The third-order valence-corrected chi connectivity index (χ3v) is 2.68. The number of anilines is 1. The lowest BCUT2D eigenvalue weighted by atomic mass is 10.4. The zero-order valence-corrected chi connectivity index (χ0v) is 10.9. The number of morpholine rings is 1. The largest absolute Gasteiger partial charge is 0.493 e. The zero-order valence-electron chi connectivity index (χ0n) is 10.9. The van der Waals surface area contributed by atoms with E-state index in [1.54, 1.807) is 4.90 Å². The van der Waals surface area contributed by atoms with Gasteiger partial charge in [-0.1, -0.05) is 0 Å². The molecule has 2 heterocycles. The monoisotopic (exact) mass is 285 g/mol. The summed E-state index contributed by atoms with van der Waals surface area (Å²) in [5, 5.41) is 9.44. The minimum absolute atomic E-state index is 0.127. The number of nitrogens with zero attached hydrogens (tertiary/aromatic N) is 3. The molecule has 9 nitrogen and oxygen atoms in total. The Kier molecular flexibility index (Phi) is 4.41. The molecule has 0 unspecified atom stereocenters. The average Bonchev–Trinajstić information content (AvgIpc) is 2.46. The van der Waals surface area contributed by atoms with Gasteiger partial charge in [0.15, 0.2) is 0 Å². The Hall–Kier alpha value is -2.29. The van der Waals surface area contributed by atoms with Gasteiger partial charge in [-0.3, -0.25) is 4.79 Å². The first-order valence-corrected chi connectivity index (χ1v) is 5.97. The van der Waals surface area contributed by atoms with Gasteiger partial charge in [-0.05, 0) is 0 Å². The molecule has 0 saturated carbocycles. The van der Waals surface area contributed by atoms with Crippen molar-refractivity contribution >= 4 is 11.9 Å². The summed E-state index contributed by atoms with van der Waals surface area (Å²) in [5.74, 6) is -0.908. The smallest absolute Gasteiger partial charge is 0.346 e. The lowest BCUT2D eigenvalue weighted by molar-refractivity contribution is -0.146. The SMILES string of the molecule is COC(=O)COn1c(N2CCOCC2)nc(O)cc1=O. The van der Waals surface area contributed by atoms with Crippen LogP contribution in [0, 0.1) is 0 Å². The second-order valence-electron chi connectivity index (χ2n) is 4.00. The fourth-order valence-corrected chi connectivity index (χ4v) is 1.71. The highest BCUT2D eigenvalue weighted by Crippen LogP contribution is 2.13. The molecule has 0 aliphatic carbocycles. The Morgan fingerprint density at radius 3 is 2.85 bits per heavy atom. The van der Waals surface area contributed by atoms with Crippen molar-refractivity contribution in [2.75, 3.05) is 44.9 Å². The minimum Gasteiger partial charge on any atom is -0.493 e. The van der Waals surface area contributed by atoms with Crippen LogP contribution in [-0.2, 0) is 14.3 Å². The lowest BCUT2D eigenvalue weighted by Crippen LogP contribution is -2.42. The van der Waals surface area contributed by atoms with Gasteiger partial charge in [-0.15, -0.1) is 4.73 Å². The summed E-state index contributed by atoms with van der Waals surface area (Å²) in [6, 6.07) is 0.904. The predicted octanol–water partition coefficient (Wildman–Crippen LogP) is -1.61. The predicted molar refractivity (Wildman–Crippen MR) is 66.7 cm³/mol. The van der Waals surface area contributed by atoms with E-state index in [-0.39, 0.29) is 5.95 Å². The number of esters is 1. The maximum absolute atomic E-state index is 11.8. The normalized spacial score (nSPS) is 14.9. The molecule has 1 aromatic rings. The summed E-state index contributed by atoms with van der Waals surface area (Å²) < 4.78 is 10.5. The van der Waals surface area contributed by atoms with E-state index in [2.05, 4.69) is 9.72 Å². The van der Waals surface area contributed by atoms with Crippen LogP contribution in [0.15, 0.2) is 10.9 Å². The third-order valence-electron chi connectivity index (χ3n) is 2.68. The molecule has 9 heteroatoms. The molecular formula is C11H15N3O6. The van der Waals surface area contributed by atoms with Gasteiger partial charge in [0.25, 0.3) is 5.56 Å². The second kappa shape index (κ2) is 6.24. The van der Waals surface area contributed by atoms with Crippen LogP contribution in [0.3, 0.4) is 0 Å². The first kappa shape index (κ1) is 14.1. The van der Waals surface area contributed by atoms with Crippen LogP contribution >= 0.6 is 0 Å². The number of carbonyl (C=O) groups excluding carboxylic acids is 1. The van der Waals surface area contributed by atoms with Crippen LogP contribution in [0.5, 0.6) is 5.88 Å². The summed E-state index contributed by atoms with van der Waals surface area (Å²) in [5.41, 5.74) is -0.622. The fourth-order valence-electron chi connectivity index (χ4n) is 1.71. The second-order valence-corrected chi connectivity index (χ2v) is 4.00. The first-order valence-electron chi connectivity index (χ1n) is 5.97. The molecule has 1 aliphatic heterocycles. The number of aromatic hydroxyl groups is 1. The molecule has 0 amide bonds. The van der Waals surface area contributed by atoms with Crippen molar-refractivity contribution in [2.45, 2.75) is 0 Å². The Morgan fingerprint density at radius 1 is 1.50 bits per heavy atom. The highest BCUT2D eigenvalue weighted by molar-refractivity contribution is 5.70. The fraction of sp³-hybridized carbons (Fsp3) is 0.545. The Balaban J connectivity index is 2.27. The van der Waals surface area contributed by atoms with Gasteiger partial charge in [-0.25, -0.2) is 4.79 Å². The number of methoxy groups -OCH3 is 1. The van der Waals surface area contributed by atoms with Gasteiger partial charge < -0.3 is 24.3 Å². The molecule has 0 radical (unpaired) electrons. The lowest BCUT2D eigenvalue weighted by Gasteiger charge is -2.28. The van der Waals surface area contributed by atoms with Crippen molar-refractivity contribution in [3.05, 3.63) is 16.4 Å². The molecule has 110 valence electrons. The summed E-state index contributed by atoms with van der Waals surface area (Å²) >= 11 is 0. The van der Waals surface area contributed by atoms with Gasteiger partial charge in [0.2, 0.25) is 18.4 Å². The molecule has 1 N–H and O–H groups in total. The van der Waals surface area contributed by atoms with Gasteiger partial charge in [0.05, 0.1) is 26.4 Å². The molecule has 2 rings (SSSR count). The van der Waals surface area contributed by atoms with Crippen molar-refractivity contribution in [3.8, 4) is 5.88 Å². The molecule has 0 bridgehead atoms. The van der Waals surface area contributed by atoms with E-state index in [1.165, 1.54) is 7.11 Å². The van der Waals surface area contributed by atoms with Crippen molar-refractivity contribution in [1.82, 2.24) is 9.71 Å². The number of ether oxygens (including phenoxy) is 2. The van der Waals surface area contributed by atoms with E-state index in [1.807, 2.05) is 0 Å². The van der Waals surface area contributed by atoms with E-state index >= 15 is 0 Å². The van der Waals surface area contributed by atoms with Gasteiger partial charge >= 0.3 is 5.97 Å². The highest BCUT2D eigenvalue weighted by Gasteiger charge is 2.20. The van der Waals surface area contributed by atoms with E-state index in [9.17, 15) is 14.7 Å². The molecule has 0 aromatic carbocycles. The van der Waals surface area contributed by atoms with Crippen LogP contribution in [0.25, 0.3) is 0 Å². The average molecular weight is 285 g/mol. The van der Waals surface area contributed by atoms with E-state index in [0.29, 0.717) is 26.3 Å². The molecule has 20 heavy (non-hydrogen) atoms. The standard InChI is InChI=1S/C11H15N3O6/c1-18-10(17)7-20-14-9(16)6-8(15)12-11(14)13-2-4-19-5-3-13/h6,15H,2-5,7H2,1H3. The number of hydrogen-bond donors (Lipinski definition) is 1. The maximum atomic E-state index is 11.8. The van der Waals surface area contributed by atoms with Crippen molar-refractivity contribution in [2.24, 2.45) is 0 Å². The molecule has 1 aromatic heterocycles. The summed E-state index contributed by atoms with van der Waals surface area (Å²) in [7, 11) is 1.21. The quantitative estimate of drug-likeness (QED) is 0.659. The van der Waals surface area contributed by atoms with Crippen LogP contribution in [0.2, 0.25) is 0 Å². The zero-order chi connectivity index (χ0) is 14.5. The Morgan fingerprint density at radius 2 is 2.20 bits per heavy atom. The molecule has 1 fully saturated rings. The van der Waals surface area contributed by atoms with Gasteiger partial charge in [-0.2, -0.15) is 4.98 Å². The van der Waals surface area contributed by atoms with Crippen molar-refractivity contribution in [3.63, 3.8) is 0 Å². The Bertz CT molecular complexity index is 537. The summed E-state index contributed by atoms with van der Waals surface area (Å²) in [6.07, 6.45) is 0. The molecule has 1 aliphatic rings. The van der Waals surface area contributed by atoms with Crippen LogP contribution in [0.4, 0.5) is 5.95 Å². The molecule has 0 spiro atoms. The number of hydrogen-bond acceptors (Lipinski definition) is 8. The third kappa shape index (κ3) is 3.18. The van der Waals surface area contributed by atoms with E-state index in [4.69, 9.17) is 9.57 Å². The van der Waals surface area contributed by atoms with Crippen LogP contribution < -0.4 is 15.3 Å².